The predicted octanol–water partition coefficient (Wildman–Crippen LogP) is 4.36. The van der Waals surface area contributed by atoms with Crippen LogP contribution in [0.1, 0.15) is 77.7 Å². The topological polar surface area (TPSA) is 67.2 Å². The maximum atomic E-state index is 12.5. The molecule has 0 bridgehead atoms. The van der Waals surface area contributed by atoms with Gasteiger partial charge in [-0.05, 0) is 74.7 Å². The Labute approximate surface area is 154 Å². The maximum Gasteiger partial charge on any atom is 0.277 e. The SMILES string of the molecule is Cc1cc(C(=O)Nc2ccc(C3CCNCC3)cc2C2CCCC2)no1. The Balaban J connectivity index is 1.61. The van der Waals surface area contributed by atoms with E-state index in [1.54, 1.807) is 13.0 Å². The molecule has 0 radical (unpaired) electrons. The lowest BCUT2D eigenvalue weighted by Crippen LogP contribution is -2.26. The minimum atomic E-state index is -0.198. The van der Waals surface area contributed by atoms with Crippen molar-refractivity contribution in [1.82, 2.24) is 10.5 Å². The molecular weight excluding hydrogens is 326 g/mol. The first-order valence-electron chi connectivity index (χ1n) is 9.80. The van der Waals surface area contributed by atoms with Gasteiger partial charge in [-0.2, -0.15) is 0 Å². The first-order valence-corrected chi connectivity index (χ1v) is 9.80. The minimum Gasteiger partial charge on any atom is -0.361 e. The normalized spacial score (nSPS) is 19.0. The Morgan fingerprint density at radius 3 is 2.58 bits per heavy atom. The zero-order valence-electron chi connectivity index (χ0n) is 15.4. The fraction of sp³-hybridized carbons (Fsp3) is 0.524. The van der Waals surface area contributed by atoms with Crippen LogP contribution >= 0.6 is 0 Å². The maximum absolute atomic E-state index is 12.5. The Morgan fingerprint density at radius 2 is 1.88 bits per heavy atom. The number of benzene rings is 1. The third kappa shape index (κ3) is 3.68. The van der Waals surface area contributed by atoms with Gasteiger partial charge in [0.05, 0.1) is 0 Å². The van der Waals surface area contributed by atoms with Crippen molar-refractivity contribution in [1.29, 1.82) is 0 Å². The molecule has 2 fully saturated rings. The number of aryl methyl sites for hydroxylation is 1. The second-order valence-corrected chi connectivity index (χ2v) is 7.63. The molecule has 2 N–H and O–H groups in total. The number of carbonyl (C=O) groups is 1. The van der Waals surface area contributed by atoms with Crippen LogP contribution < -0.4 is 10.6 Å². The molecule has 0 spiro atoms. The van der Waals surface area contributed by atoms with Gasteiger partial charge in [0.15, 0.2) is 5.69 Å². The van der Waals surface area contributed by atoms with Crippen molar-refractivity contribution in [2.24, 2.45) is 0 Å². The summed E-state index contributed by atoms with van der Waals surface area (Å²) in [5, 5.41) is 10.3. The number of rotatable bonds is 4. The third-order valence-corrected chi connectivity index (χ3v) is 5.79. The van der Waals surface area contributed by atoms with E-state index in [0.717, 1.165) is 18.8 Å². The van der Waals surface area contributed by atoms with Crippen LogP contribution in [0.25, 0.3) is 0 Å². The van der Waals surface area contributed by atoms with Crippen molar-refractivity contribution in [3.63, 3.8) is 0 Å². The van der Waals surface area contributed by atoms with Gasteiger partial charge in [-0.3, -0.25) is 4.79 Å². The summed E-state index contributed by atoms with van der Waals surface area (Å²) < 4.78 is 5.04. The molecular formula is C21H27N3O2. The number of nitrogens with one attached hydrogen (secondary N) is 2. The number of piperidine rings is 1. The lowest BCUT2D eigenvalue weighted by molar-refractivity contribution is 0.101. The average Bonchev–Trinajstić information content (AvgIpc) is 3.34. The standard InChI is InChI=1S/C21H27N3O2/c1-14-12-20(24-26-14)21(25)23-19-7-6-17(15-8-10-22-11-9-15)13-18(19)16-4-2-3-5-16/h6-7,12-13,15-16,22H,2-5,8-11H2,1H3,(H,23,25). The van der Waals surface area contributed by atoms with Crippen molar-refractivity contribution in [2.45, 2.75) is 57.3 Å². The van der Waals surface area contributed by atoms with E-state index in [2.05, 4.69) is 34.0 Å². The number of hydrogen-bond donors (Lipinski definition) is 2. The van der Waals surface area contributed by atoms with Crippen molar-refractivity contribution < 1.29 is 9.32 Å². The van der Waals surface area contributed by atoms with Crippen molar-refractivity contribution in [3.8, 4) is 0 Å². The molecule has 4 rings (SSSR count). The zero-order chi connectivity index (χ0) is 17.9. The first kappa shape index (κ1) is 17.3. The number of aromatic nitrogens is 1. The molecule has 1 aliphatic heterocycles. The highest BCUT2D eigenvalue weighted by molar-refractivity contribution is 6.03. The highest BCUT2D eigenvalue weighted by Gasteiger charge is 2.24. The lowest BCUT2D eigenvalue weighted by atomic mass is 9.86. The van der Waals surface area contributed by atoms with E-state index < -0.39 is 0 Å². The van der Waals surface area contributed by atoms with Gasteiger partial charge in [0.1, 0.15) is 5.76 Å². The molecule has 1 aromatic carbocycles. The molecule has 1 saturated heterocycles. The second-order valence-electron chi connectivity index (χ2n) is 7.63. The molecule has 138 valence electrons. The Hall–Kier alpha value is -2.14. The van der Waals surface area contributed by atoms with E-state index in [4.69, 9.17) is 4.52 Å². The van der Waals surface area contributed by atoms with Gasteiger partial charge in [0.25, 0.3) is 5.91 Å². The Bertz CT molecular complexity index is 771. The summed E-state index contributed by atoms with van der Waals surface area (Å²) in [6.07, 6.45) is 7.35. The number of nitrogens with zero attached hydrogens (tertiary/aromatic N) is 1. The van der Waals surface area contributed by atoms with Gasteiger partial charge >= 0.3 is 0 Å². The molecule has 5 heteroatoms. The number of hydrogen-bond acceptors (Lipinski definition) is 4. The smallest absolute Gasteiger partial charge is 0.277 e. The van der Waals surface area contributed by atoms with Crippen LogP contribution in [-0.2, 0) is 0 Å². The van der Waals surface area contributed by atoms with E-state index in [-0.39, 0.29) is 5.91 Å². The summed E-state index contributed by atoms with van der Waals surface area (Å²) in [7, 11) is 0. The molecule has 1 saturated carbocycles. The van der Waals surface area contributed by atoms with E-state index in [9.17, 15) is 4.79 Å². The molecule has 5 nitrogen and oxygen atoms in total. The quantitative estimate of drug-likeness (QED) is 0.857. The van der Waals surface area contributed by atoms with Crippen molar-refractivity contribution in [3.05, 3.63) is 46.8 Å². The number of amides is 1. The molecule has 1 aliphatic carbocycles. The highest BCUT2D eigenvalue weighted by atomic mass is 16.5. The van der Waals surface area contributed by atoms with Crippen LogP contribution in [0.5, 0.6) is 0 Å². The lowest BCUT2D eigenvalue weighted by Gasteiger charge is -2.25. The van der Waals surface area contributed by atoms with E-state index in [1.807, 2.05) is 0 Å². The Kier molecular flexibility index (Phi) is 5.07. The fourth-order valence-electron chi connectivity index (χ4n) is 4.34. The van der Waals surface area contributed by atoms with Gasteiger partial charge in [-0.25, -0.2) is 0 Å². The average molecular weight is 353 g/mol. The van der Waals surface area contributed by atoms with Crippen LogP contribution in [0.15, 0.2) is 28.8 Å². The molecule has 2 heterocycles. The fourth-order valence-corrected chi connectivity index (χ4v) is 4.34. The van der Waals surface area contributed by atoms with E-state index in [0.29, 0.717) is 23.3 Å². The molecule has 2 aliphatic rings. The molecule has 1 aromatic heterocycles. The van der Waals surface area contributed by atoms with E-state index >= 15 is 0 Å². The molecule has 0 unspecified atom stereocenters. The highest BCUT2D eigenvalue weighted by Crippen LogP contribution is 2.40. The third-order valence-electron chi connectivity index (χ3n) is 5.79. The summed E-state index contributed by atoms with van der Waals surface area (Å²) in [4.78, 5) is 12.5. The van der Waals surface area contributed by atoms with Crippen molar-refractivity contribution in [2.75, 3.05) is 18.4 Å². The molecule has 1 amide bonds. The summed E-state index contributed by atoms with van der Waals surface area (Å²) in [5.74, 6) is 1.62. The predicted molar refractivity (Wildman–Crippen MR) is 102 cm³/mol. The van der Waals surface area contributed by atoms with Crippen LogP contribution in [0.3, 0.4) is 0 Å². The van der Waals surface area contributed by atoms with Gasteiger partial charge in [0, 0.05) is 11.8 Å². The van der Waals surface area contributed by atoms with E-state index in [1.165, 1.54) is 49.7 Å². The van der Waals surface area contributed by atoms with Crippen molar-refractivity contribution >= 4 is 11.6 Å². The summed E-state index contributed by atoms with van der Waals surface area (Å²) in [6.45, 7) is 3.97. The minimum absolute atomic E-state index is 0.198. The van der Waals surface area contributed by atoms with Gasteiger partial charge in [-0.1, -0.05) is 30.1 Å². The van der Waals surface area contributed by atoms with Crippen LogP contribution in [0, 0.1) is 6.92 Å². The summed E-state index contributed by atoms with van der Waals surface area (Å²) in [5.41, 5.74) is 3.98. The van der Waals surface area contributed by atoms with Gasteiger partial charge < -0.3 is 15.2 Å². The largest absolute Gasteiger partial charge is 0.361 e. The monoisotopic (exact) mass is 353 g/mol. The zero-order valence-corrected chi connectivity index (χ0v) is 15.4. The summed E-state index contributed by atoms with van der Waals surface area (Å²) in [6, 6.07) is 8.32. The van der Waals surface area contributed by atoms with Crippen LogP contribution in [-0.4, -0.2) is 24.2 Å². The van der Waals surface area contributed by atoms with Crippen LogP contribution in [0.4, 0.5) is 5.69 Å². The van der Waals surface area contributed by atoms with Gasteiger partial charge in [0.2, 0.25) is 0 Å². The summed E-state index contributed by atoms with van der Waals surface area (Å²) >= 11 is 0. The Morgan fingerprint density at radius 1 is 1.12 bits per heavy atom. The van der Waals surface area contributed by atoms with Gasteiger partial charge in [-0.15, -0.1) is 0 Å². The molecule has 0 atom stereocenters. The molecule has 26 heavy (non-hydrogen) atoms. The number of anilines is 1. The second kappa shape index (κ2) is 7.62. The molecule has 2 aromatic rings. The van der Waals surface area contributed by atoms with Crippen LogP contribution in [0.2, 0.25) is 0 Å². The number of carbonyl (C=O) groups excluding carboxylic acids is 1. The first-order chi connectivity index (χ1) is 12.7.